The van der Waals surface area contributed by atoms with Gasteiger partial charge in [0.25, 0.3) is 0 Å². The topological polar surface area (TPSA) is 51.8 Å². The van der Waals surface area contributed by atoms with E-state index >= 15 is 0 Å². The largest absolute Gasteiger partial charge is 0.433 e. The SMILES string of the molecule is CN.FC(F)(F)c1ccc2cccnc2n1. The maximum absolute atomic E-state index is 12.2. The average Bonchev–Trinajstić information content (AvgIpc) is 2.30. The van der Waals surface area contributed by atoms with Crippen LogP contribution in [0.1, 0.15) is 5.69 Å². The molecule has 0 amide bonds. The summed E-state index contributed by atoms with van der Waals surface area (Å²) in [6.07, 6.45) is -3.00. The Kier molecular flexibility index (Phi) is 3.78. The summed E-state index contributed by atoms with van der Waals surface area (Å²) in [6, 6.07) is 5.62. The van der Waals surface area contributed by atoms with E-state index in [1.807, 2.05) is 0 Å². The fraction of sp³-hybridized carbons (Fsp3) is 0.200. The zero-order valence-electron chi connectivity index (χ0n) is 8.49. The van der Waals surface area contributed by atoms with E-state index in [-0.39, 0.29) is 5.65 Å². The number of nitrogens with two attached hydrogens (primary N) is 1. The lowest BCUT2D eigenvalue weighted by Gasteiger charge is -2.05. The fourth-order valence-electron chi connectivity index (χ4n) is 1.11. The van der Waals surface area contributed by atoms with Crippen LogP contribution in [-0.4, -0.2) is 17.0 Å². The molecule has 6 heteroatoms. The second-order valence-corrected chi connectivity index (χ2v) is 2.74. The van der Waals surface area contributed by atoms with Crippen LogP contribution in [-0.2, 0) is 6.18 Å². The molecule has 2 aromatic heterocycles. The van der Waals surface area contributed by atoms with Crippen molar-refractivity contribution in [3.63, 3.8) is 0 Å². The van der Waals surface area contributed by atoms with Crippen molar-refractivity contribution < 1.29 is 13.2 Å². The molecule has 3 nitrogen and oxygen atoms in total. The summed E-state index contributed by atoms with van der Waals surface area (Å²) in [7, 11) is 1.50. The van der Waals surface area contributed by atoms with Crippen LogP contribution in [0.3, 0.4) is 0 Å². The highest BCUT2D eigenvalue weighted by atomic mass is 19.4. The molecule has 0 spiro atoms. The van der Waals surface area contributed by atoms with E-state index in [4.69, 9.17) is 0 Å². The molecule has 0 saturated carbocycles. The Hall–Kier alpha value is -1.69. The normalized spacial score (nSPS) is 10.8. The molecule has 2 aromatic rings. The summed E-state index contributed by atoms with van der Waals surface area (Å²) in [4.78, 5) is 7.15. The summed E-state index contributed by atoms with van der Waals surface area (Å²) in [5.41, 5.74) is 3.70. The molecular formula is C10H10F3N3. The number of fused-ring (bicyclic) bond motifs is 1. The van der Waals surface area contributed by atoms with Gasteiger partial charge in [0.15, 0.2) is 5.65 Å². The summed E-state index contributed by atoms with van der Waals surface area (Å²) < 4.78 is 36.7. The van der Waals surface area contributed by atoms with Gasteiger partial charge in [0.2, 0.25) is 0 Å². The lowest BCUT2D eigenvalue weighted by Crippen LogP contribution is -2.07. The van der Waals surface area contributed by atoms with Crippen molar-refractivity contribution in [3.05, 3.63) is 36.2 Å². The molecule has 0 unspecified atom stereocenters. The Balaban J connectivity index is 0.000000606. The first kappa shape index (κ1) is 12.4. The average molecular weight is 229 g/mol. The van der Waals surface area contributed by atoms with Crippen LogP contribution in [0.15, 0.2) is 30.5 Å². The summed E-state index contributed by atoms with van der Waals surface area (Å²) in [5.74, 6) is 0. The maximum atomic E-state index is 12.2. The van der Waals surface area contributed by atoms with Crippen LogP contribution in [0.25, 0.3) is 11.0 Å². The quantitative estimate of drug-likeness (QED) is 0.753. The van der Waals surface area contributed by atoms with Crippen molar-refractivity contribution in [1.82, 2.24) is 9.97 Å². The first-order valence-electron chi connectivity index (χ1n) is 4.44. The van der Waals surface area contributed by atoms with Gasteiger partial charge in [0.05, 0.1) is 0 Å². The van der Waals surface area contributed by atoms with Gasteiger partial charge in [-0.1, -0.05) is 0 Å². The van der Waals surface area contributed by atoms with Crippen LogP contribution >= 0.6 is 0 Å². The molecule has 2 rings (SSSR count). The van der Waals surface area contributed by atoms with Crippen molar-refractivity contribution in [2.45, 2.75) is 6.18 Å². The number of aromatic nitrogens is 2. The zero-order chi connectivity index (χ0) is 12.2. The lowest BCUT2D eigenvalue weighted by atomic mass is 10.2. The Labute approximate surface area is 90.1 Å². The number of hydrogen-bond donors (Lipinski definition) is 1. The number of pyridine rings is 2. The Morgan fingerprint density at radius 2 is 1.81 bits per heavy atom. The molecule has 0 atom stereocenters. The second kappa shape index (κ2) is 4.89. The number of halogens is 3. The molecule has 2 heterocycles. The van der Waals surface area contributed by atoms with E-state index in [0.29, 0.717) is 5.39 Å². The van der Waals surface area contributed by atoms with Crippen LogP contribution in [0, 0.1) is 0 Å². The highest BCUT2D eigenvalue weighted by Gasteiger charge is 2.32. The number of nitrogens with zero attached hydrogens (tertiary/aromatic N) is 2. The van der Waals surface area contributed by atoms with Crippen molar-refractivity contribution >= 4 is 11.0 Å². The fourth-order valence-corrected chi connectivity index (χ4v) is 1.11. The molecule has 2 N–H and O–H groups in total. The molecule has 0 aliphatic heterocycles. The molecule has 16 heavy (non-hydrogen) atoms. The molecular weight excluding hydrogens is 219 g/mol. The van der Waals surface area contributed by atoms with E-state index in [9.17, 15) is 13.2 Å². The zero-order valence-corrected chi connectivity index (χ0v) is 8.49. The number of rotatable bonds is 0. The molecule has 0 aliphatic rings. The molecule has 0 radical (unpaired) electrons. The minimum absolute atomic E-state index is 0.113. The summed E-state index contributed by atoms with van der Waals surface area (Å²) in [5, 5.41) is 0.598. The van der Waals surface area contributed by atoms with Gasteiger partial charge >= 0.3 is 6.18 Å². The molecule has 0 aliphatic carbocycles. The molecule has 0 bridgehead atoms. The van der Waals surface area contributed by atoms with E-state index in [1.54, 1.807) is 12.1 Å². The van der Waals surface area contributed by atoms with E-state index in [2.05, 4.69) is 15.7 Å². The van der Waals surface area contributed by atoms with Crippen LogP contribution in [0.4, 0.5) is 13.2 Å². The number of alkyl halides is 3. The van der Waals surface area contributed by atoms with Crippen molar-refractivity contribution in [1.29, 1.82) is 0 Å². The van der Waals surface area contributed by atoms with Gasteiger partial charge in [-0.15, -0.1) is 0 Å². The third-order valence-corrected chi connectivity index (χ3v) is 1.75. The van der Waals surface area contributed by atoms with Gasteiger partial charge in [0.1, 0.15) is 5.69 Å². The second-order valence-electron chi connectivity index (χ2n) is 2.74. The third-order valence-electron chi connectivity index (χ3n) is 1.75. The molecule has 0 aromatic carbocycles. The van der Waals surface area contributed by atoms with Crippen LogP contribution in [0.5, 0.6) is 0 Å². The van der Waals surface area contributed by atoms with Gasteiger partial charge in [0, 0.05) is 11.6 Å². The highest BCUT2D eigenvalue weighted by Crippen LogP contribution is 2.28. The van der Waals surface area contributed by atoms with E-state index in [1.165, 1.54) is 19.3 Å². The minimum atomic E-state index is -4.41. The predicted molar refractivity (Wildman–Crippen MR) is 54.7 cm³/mol. The van der Waals surface area contributed by atoms with Gasteiger partial charge in [-0.25, -0.2) is 9.97 Å². The smallest absolute Gasteiger partial charge is 0.333 e. The Morgan fingerprint density at radius 3 is 2.44 bits per heavy atom. The molecule has 0 fully saturated rings. The highest BCUT2D eigenvalue weighted by molar-refractivity contribution is 5.74. The summed E-state index contributed by atoms with van der Waals surface area (Å²) in [6.45, 7) is 0. The maximum Gasteiger partial charge on any atom is 0.433 e. The number of hydrogen-bond acceptors (Lipinski definition) is 3. The van der Waals surface area contributed by atoms with Crippen LogP contribution in [0.2, 0.25) is 0 Å². The molecule has 86 valence electrons. The first-order valence-corrected chi connectivity index (χ1v) is 4.44. The molecule has 0 saturated heterocycles. The van der Waals surface area contributed by atoms with Crippen LogP contribution < -0.4 is 5.73 Å². The first-order chi connectivity index (χ1) is 7.57. The third kappa shape index (κ3) is 2.66. The Bertz CT molecular complexity index is 468. The standard InChI is InChI=1S/C9H5F3N2.CH5N/c10-9(11,12)7-4-3-6-2-1-5-13-8(6)14-7;1-2/h1-5H;2H2,1H3. The monoisotopic (exact) mass is 229 g/mol. The van der Waals surface area contributed by atoms with Gasteiger partial charge in [-0.2, -0.15) is 13.2 Å². The van der Waals surface area contributed by atoms with Gasteiger partial charge < -0.3 is 5.73 Å². The predicted octanol–water partition coefficient (Wildman–Crippen LogP) is 2.22. The summed E-state index contributed by atoms with van der Waals surface area (Å²) >= 11 is 0. The van der Waals surface area contributed by atoms with E-state index in [0.717, 1.165) is 6.07 Å². The van der Waals surface area contributed by atoms with Crippen molar-refractivity contribution in [2.24, 2.45) is 5.73 Å². The minimum Gasteiger partial charge on any atom is -0.333 e. The van der Waals surface area contributed by atoms with E-state index < -0.39 is 11.9 Å². The van der Waals surface area contributed by atoms with Gasteiger partial charge in [-0.05, 0) is 31.3 Å². The van der Waals surface area contributed by atoms with Gasteiger partial charge in [-0.3, -0.25) is 0 Å². The lowest BCUT2D eigenvalue weighted by molar-refractivity contribution is -0.141. The Morgan fingerprint density at radius 1 is 1.12 bits per heavy atom. The van der Waals surface area contributed by atoms with Crippen molar-refractivity contribution in [3.8, 4) is 0 Å². The van der Waals surface area contributed by atoms with Crippen molar-refractivity contribution in [2.75, 3.05) is 7.05 Å².